The minimum atomic E-state index is 0.598. The molecule has 2 N–H and O–H groups in total. The van der Waals surface area contributed by atoms with Gasteiger partial charge in [0.2, 0.25) is 0 Å². The molecule has 1 saturated heterocycles. The van der Waals surface area contributed by atoms with Crippen LogP contribution in [0.5, 0.6) is 5.75 Å². The monoisotopic (exact) mass is 480 g/mol. The third-order valence-corrected chi connectivity index (χ3v) is 7.39. The van der Waals surface area contributed by atoms with E-state index in [0.717, 1.165) is 45.0 Å². The molecule has 2 aliphatic rings. The van der Waals surface area contributed by atoms with Crippen molar-refractivity contribution in [2.24, 2.45) is 16.8 Å². The van der Waals surface area contributed by atoms with Crippen molar-refractivity contribution >= 4 is 6.21 Å². The average Bonchev–Trinajstić information content (AvgIpc) is 3.70. The Balaban J connectivity index is 1.29. The summed E-state index contributed by atoms with van der Waals surface area (Å²) in [4.78, 5) is 6.59. The molecule has 2 fully saturated rings. The Morgan fingerprint density at radius 2 is 1.91 bits per heavy atom. The molecule has 0 amide bonds. The third kappa shape index (κ3) is 10.1. The van der Waals surface area contributed by atoms with Gasteiger partial charge < -0.3 is 15.4 Å². The Morgan fingerprint density at radius 3 is 2.54 bits per heavy atom. The predicted molar refractivity (Wildman–Crippen MR) is 149 cm³/mol. The summed E-state index contributed by atoms with van der Waals surface area (Å²) < 4.78 is 6.15. The van der Waals surface area contributed by atoms with Crippen LogP contribution in [0.25, 0.3) is 0 Å². The van der Waals surface area contributed by atoms with E-state index in [4.69, 9.17) is 4.74 Å². The van der Waals surface area contributed by atoms with Gasteiger partial charge >= 0.3 is 0 Å². The lowest BCUT2D eigenvalue weighted by atomic mass is 9.94. The quantitative estimate of drug-likeness (QED) is 0.288. The van der Waals surface area contributed by atoms with Crippen LogP contribution in [0.2, 0.25) is 0 Å². The number of ether oxygens (including phenoxy) is 1. The molecule has 1 heterocycles. The fraction of sp³-hybridized carbons (Fsp3) is 0.633. The van der Waals surface area contributed by atoms with Crippen molar-refractivity contribution in [2.45, 2.75) is 77.7 Å². The minimum absolute atomic E-state index is 0.598. The molecule has 1 unspecified atom stereocenters. The maximum absolute atomic E-state index is 6.15. The lowest BCUT2D eigenvalue weighted by Crippen LogP contribution is -2.39. The molecule has 1 aromatic rings. The highest BCUT2D eigenvalue weighted by Gasteiger charge is 2.23. The zero-order valence-corrected chi connectivity index (χ0v) is 22.4. The summed E-state index contributed by atoms with van der Waals surface area (Å²) in [6.45, 7) is 12.7. The van der Waals surface area contributed by atoms with E-state index >= 15 is 0 Å². The van der Waals surface area contributed by atoms with E-state index in [1.807, 2.05) is 13.3 Å². The Kier molecular flexibility index (Phi) is 11.7. The van der Waals surface area contributed by atoms with Gasteiger partial charge in [-0.1, -0.05) is 32.6 Å². The number of likely N-dealkylation sites (tertiary alicyclic amines) is 1. The first kappa shape index (κ1) is 27.3. The Hall–Kier alpha value is -2.27. The molecule has 1 saturated carbocycles. The lowest BCUT2D eigenvalue weighted by molar-refractivity contribution is 0.138. The molecule has 0 bridgehead atoms. The van der Waals surface area contributed by atoms with Crippen molar-refractivity contribution in [1.29, 1.82) is 0 Å². The van der Waals surface area contributed by atoms with Crippen LogP contribution < -0.4 is 15.4 Å². The number of aryl methyl sites for hydroxylation is 1. The summed E-state index contributed by atoms with van der Waals surface area (Å²) >= 11 is 0. The molecular formula is C30H48N4O. The van der Waals surface area contributed by atoms with Crippen molar-refractivity contribution in [2.75, 3.05) is 33.4 Å². The van der Waals surface area contributed by atoms with E-state index in [2.05, 4.69) is 71.4 Å². The highest BCUT2D eigenvalue weighted by molar-refractivity contribution is 5.77. The van der Waals surface area contributed by atoms with E-state index in [-0.39, 0.29) is 0 Å². The van der Waals surface area contributed by atoms with Gasteiger partial charge in [0.15, 0.2) is 0 Å². The fourth-order valence-corrected chi connectivity index (χ4v) is 4.76. The number of aliphatic imine (C=N–C) groups is 1. The standard InChI is InChI=1S/C30H48N4O/c1-5-25(20-31-4)21-32-23-34-18-16-27(17-19-34)22-35-30-14-10-26(11-15-30)8-7-9-28(6-2)24(3)33-29-12-13-29/h10-11,14-15,20-21,27-29,32-33H,3,5-9,12-13,16-19,22-23H2,1-2,4H3. The molecule has 0 spiro atoms. The molecule has 35 heavy (non-hydrogen) atoms. The lowest BCUT2D eigenvalue weighted by Gasteiger charge is -2.31. The molecule has 5 heteroatoms. The summed E-state index contributed by atoms with van der Waals surface area (Å²) in [5.74, 6) is 2.24. The topological polar surface area (TPSA) is 48.9 Å². The van der Waals surface area contributed by atoms with Crippen molar-refractivity contribution in [1.82, 2.24) is 15.5 Å². The van der Waals surface area contributed by atoms with Gasteiger partial charge in [0.1, 0.15) is 5.75 Å². The Bertz CT molecular complexity index is 804. The van der Waals surface area contributed by atoms with E-state index in [1.54, 1.807) is 0 Å². The zero-order chi connectivity index (χ0) is 24.9. The summed E-state index contributed by atoms with van der Waals surface area (Å²) in [7, 11) is 1.82. The van der Waals surface area contributed by atoms with Crippen molar-refractivity contribution in [3.05, 3.63) is 53.9 Å². The first-order chi connectivity index (χ1) is 17.1. The van der Waals surface area contributed by atoms with Crippen LogP contribution in [0.3, 0.4) is 0 Å². The number of nitrogens with one attached hydrogen (secondary N) is 2. The van der Waals surface area contributed by atoms with Gasteiger partial charge in [-0.2, -0.15) is 0 Å². The van der Waals surface area contributed by atoms with E-state index in [0.29, 0.717) is 17.9 Å². The largest absolute Gasteiger partial charge is 0.493 e. The Morgan fingerprint density at radius 1 is 1.17 bits per heavy atom. The van der Waals surface area contributed by atoms with E-state index in [9.17, 15) is 0 Å². The van der Waals surface area contributed by atoms with E-state index in [1.165, 1.54) is 61.8 Å². The van der Waals surface area contributed by atoms with Gasteiger partial charge in [-0.15, -0.1) is 0 Å². The highest BCUT2D eigenvalue weighted by Crippen LogP contribution is 2.26. The second-order valence-electron chi connectivity index (χ2n) is 10.3. The van der Waals surface area contributed by atoms with Gasteiger partial charge in [0.05, 0.1) is 13.3 Å². The normalized spacial score (nSPS) is 18.5. The van der Waals surface area contributed by atoms with Gasteiger partial charge in [0.25, 0.3) is 0 Å². The molecule has 194 valence electrons. The van der Waals surface area contributed by atoms with Gasteiger partial charge in [-0.25, -0.2) is 0 Å². The number of hydrogen-bond acceptors (Lipinski definition) is 5. The number of piperidine rings is 1. The van der Waals surface area contributed by atoms with Crippen LogP contribution in [-0.4, -0.2) is 50.6 Å². The second kappa shape index (κ2) is 15.0. The van der Waals surface area contributed by atoms with Gasteiger partial charge in [-0.3, -0.25) is 9.89 Å². The number of rotatable bonds is 16. The van der Waals surface area contributed by atoms with Crippen LogP contribution in [0.15, 0.2) is 53.3 Å². The maximum atomic E-state index is 6.15. The second-order valence-corrected chi connectivity index (χ2v) is 10.3. The van der Waals surface area contributed by atoms with Gasteiger partial charge in [0, 0.05) is 44.3 Å². The van der Waals surface area contributed by atoms with E-state index < -0.39 is 0 Å². The zero-order valence-electron chi connectivity index (χ0n) is 22.4. The predicted octanol–water partition coefficient (Wildman–Crippen LogP) is 5.93. The summed E-state index contributed by atoms with van der Waals surface area (Å²) in [6, 6.07) is 9.48. The first-order valence-corrected chi connectivity index (χ1v) is 13.8. The number of allylic oxidation sites excluding steroid dienone is 2. The molecule has 5 nitrogen and oxygen atoms in total. The molecule has 1 atom stereocenters. The van der Waals surface area contributed by atoms with Crippen molar-refractivity contribution in [3.63, 3.8) is 0 Å². The van der Waals surface area contributed by atoms with Crippen LogP contribution in [0, 0.1) is 11.8 Å². The third-order valence-electron chi connectivity index (χ3n) is 7.39. The smallest absolute Gasteiger partial charge is 0.119 e. The maximum Gasteiger partial charge on any atom is 0.119 e. The van der Waals surface area contributed by atoms with Crippen LogP contribution in [0.1, 0.15) is 70.8 Å². The van der Waals surface area contributed by atoms with Crippen LogP contribution >= 0.6 is 0 Å². The number of benzene rings is 1. The summed E-state index contributed by atoms with van der Waals surface area (Å²) in [6.07, 6.45) is 14.8. The highest BCUT2D eigenvalue weighted by atomic mass is 16.5. The number of hydrogen-bond donors (Lipinski definition) is 2. The molecule has 1 aliphatic carbocycles. The Labute approximate surface area is 214 Å². The van der Waals surface area contributed by atoms with Crippen LogP contribution in [-0.2, 0) is 6.42 Å². The summed E-state index contributed by atoms with van der Waals surface area (Å²) in [5.41, 5.74) is 3.89. The fourth-order valence-electron chi connectivity index (χ4n) is 4.76. The van der Waals surface area contributed by atoms with Crippen LogP contribution in [0.4, 0.5) is 0 Å². The molecule has 0 aromatic heterocycles. The molecule has 3 rings (SSSR count). The molecular weight excluding hydrogens is 432 g/mol. The van der Waals surface area contributed by atoms with Gasteiger partial charge in [-0.05, 0) is 92.9 Å². The molecule has 1 aromatic carbocycles. The average molecular weight is 481 g/mol. The number of nitrogens with zero attached hydrogens (tertiary/aromatic N) is 2. The first-order valence-electron chi connectivity index (χ1n) is 13.8. The molecule has 0 radical (unpaired) electrons. The van der Waals surface area contributed by atoms with Crippen molar-refractivity contribution in [3.8, 4) is 5.75 Å². The summed E-state index contributed by atoms with van der Waals surface area (Å²) in [5, 5.41) is 7.04. The SMILES string of the molecule is C=C(NC1CC1)C(CC)CCCc1ccc(OCC2CCN(CNC=C(C=NC)CC)CC2)cc1. The molecule has 1 aliphatic heterocycles. The van der Waals surface area contributed by atoms with Crippen molar-refractivity contribution < 1.29 is 4.74 Å². The minimum Gasteiger partial charge on any atom is -0.493 e.